The first-order valence-corrected chi connectivity index (χ1v) is 7.53. The van der Waals surface area contributed by atoms with E-state index in [2.05, 4.69) is 26.3 Å². The quantitative estimate of drug-likeness (QED) is 0.766. The molecule has 1 amide bonds. The second kappa shape index (κ2) is 6.19. The highest BCUT2D eigenvalue weighted by Crippen LogP contribution is 2.28. The van der Waals surface area contributed by atoms with Gasteiger partial charge in [-0.15, -0.1) is 0 Å². The first-order chi connectivity index (χ1) is 10.6. The largest absolute Gasteiger partial charge is 0.444 e. The van der Waals surface area contributed by atoms with Gasteiger partial charge in [-0.05, 0) is 33.6 Å². The van der Waals surface area contributed by atoms with E-state index in [-0.39, 0.29) is 6.61 Å². The number of carbonyl (C=O) groups is 1. The van der Waals surface area contributed by atoms with Crippen molar-refractivity contribution in [3.8, 4) is 0 Å². The summed E-state index contributed by atoms with van der Waals surface area (Å²) in [6.45, 7) is 0.228. The Morgan fingerprint density at radius 3 is 2.77 bits per heavy atom. The summed E-state index contributed by atoms with van der Waals surface area (Å²) in [4.78, 5) is 12.0. The second-order valence-electron chi connectivity index (χ2n) is 4.79. The van der Waals surface area contributed by atoms with Crippen LogP contribution in [0.4, 0.5) is 10.6 Å². The number of halogens is 1. The number of benzene rings is 2. The molecule has 0 spiro atoms. The molecule has 0 aliphatic rings. The molecule has 0 bridgehead atoms. The lowest BCUT2D eigenvalue weighted by Crippen LogP contribution is -2.16. The molecule has 2 aromatic carbocycles. The molecule has 1 N–H and O–H groups in total. The maximum absolute atomic E-state index is 12.0. The van der Waals surface area contributed by atoms with E-state index >= 15 is 0 Å². The predicted octanol–water partition coefficient (Wildman–Crippen LogP) is 4.08. The molecule has 6 heteroatoms. The van der Waals surface area contributed by atoms with E-state index in [1.807, 2.05) is 48.5 Å². The lowest BCUT2D eigenvalue weighted by atomic mass is 10.2. The van der Waals surface area contributed by atoms with Crippen LogP contribution in [0.15, 0.2) is 53.0 Å². The molecule has 1 heterocycles. The number of anilines is 1. The van der Waals surface area contributed by atoms with Crippen LogP contribution in [0.5, 0.6) is 0 Å². The van der Waals surface area contributed by atoms with Gasteiger partial charge >= 0.3 is 6.09 Å². The Morgan fingerprint density at radius 1 is 1.23 bits per heavy atom. The van der Waals surface area contributed by atoms with Crippen molar-refractivity contribution in [2.75, 3.05) is 5.32 Å². The molecule has 5 nitrogen and oxygen atoms in total. The average Bonchev–Trinajstić information content (AvgIpc) is 2.84. The number of nitrogens with zero attached hydrogens (tertiary/aromatic N) is 2. The Kier molecular flexibility index (Phi) is 4.11. The van der Waals surface area contributed by atoms with Crippen LogP contribution in [-0.4, -0.2) is 15.9 Å². The zero-order chi connectivity index (χ0) is 15.5. The third-order valence-electron chi connectivity index (χ3n) is 3.25. The van der Waals surface area contributed by atoms with Gasteiger partial charge < -0.3 is 4.74 Å². The monoisotopic (exact) mass is 359 g/mol. The van der Waals surface area contributed by atoms with Crippen molar-refractivity contribution in [1.82, 2.24) is 9.78 Å². The number of amides is 1. The molecule has 1 aromatic heterocycles. The Balaban J connectivity index is 1.74. The Labute approximate surface area is 136 Å². The topological polar surface area (TPSA) is 56.2 Å². The van der Waals surface area contributed by atoms with E-state index in [9.17, 15) is 4.79 Å². The minimum absolute atomic E-state index is 0.228. The highest BCUT2D eigenvalue weighted by atomic mass is 79.9. The fraction of sp³-hybridized carbons (Fsp3) is 0.125. The van der Waals surface area contributed by atoms with Crippen molar-refractivity contribution in [2.24, 2.45) is 7.05 Å². The first-order valence-electron chi connectivity index (χ1n) is 6.74. The van der Waals surface area contributed by atoms with Gasteiger partial charge in [-0.25, -0.2) is 4.79 Å². The number of aromatic nitrogens is 2. The van der Waals surface area contributed by atoms with Crippen molar-refractivity contribution >= 4 is 38.7 Å². The first kappa shape index (κ1) is 14.6. The summed E-state index contributed by atoms with van der Waals surface area (Å²) in [6, 6.07) is 15.3. The van der Waals surface area contributed by atoms with Crippen molar-refractivity contribution in [2.45, 2.75) is 6.61 Å². The van der Waals surface area contributed by atoms with Crippen LogP contribution in [0.3, 0.4) is 0 Å². The lowest BCUT2D eigenvalue weighted by Gasteiger charge is -2.07. The molecule has 0 atom stereocenters. The third-order valence-corrected chi connectivity index (χ3v) is 3.89. The SMILES string of the molecule is Cn1nc2c(Br)cccc2c1NC(=O)OCc1ccccc1. The van der Waals surface area contributed by atoms with E-state index < -0.39 is 6.09 Å². The van der Waals surface area contributed by atoms with E-state index in [4.69, 9.17) is 4.74 Å². The standard InChI is InChI=1S/C16H14BrN3O2/c1-20-15(12-8-5-9-13(17)14(12)19-20)18-16(21)22-10-11-6-3-2-4-7-11/h2-9H,10H2,1H3,(H,18,21). The number of aryl methyl sites for hydroxylation is 1. The minimum atomic E-state index is -0.506. The van der Waals surface area contributed by atoms with Crippen LogP contribution < -0.4 is 5.32 Å². The number of hydrogen-bond acceptors (Lipinski definition) is 3. The molecule has 112 valence electrons. The van der Waals surface area contributed by atoms with Crippen molar-refractivity contribution in [1.29, 1.82) is 0 Å². The van der Waals surface area contributed by atoms with Crippen LogP contribution >= 0.6 is 15.9 Å². The zero-order valence-corrected chi connectivity index (χ0v) is 13.5. The number of fused-ring (bicyclic) bond motifs is 1. The maximum Gasteiger partial charge on any atom is 0.413 e. The highest BCUT2D eigenvalue weighted by Gasteiger charge is 2.14. The van der Waals surface area contributed by atoms with Gasteiger partial charge in [0.05, 0.1) is 0 Å². The normalized spacial score (nSPS) is 10.6. The zero-order valence-electron chi connectivity index (χ0n) is 11.9. The summed E-state index contributed by atoms with van der Waals surface area (Å²) in [5.41, 5.74) is 1.73. The smallest absolute Gasteiger partial charge is 0.413 e. The minimum Gasteiger partial charge on any atom is -0.444 e. The number of nitrogens with one attached hydrogen (secondary N) is 1. The van der Waals surface area contributed by atoms with Crippen molar-refractivity contribution in [3.63, 3.8) is 0 Å². The van der Waals surface area contributed by atoms with Crippen LogP contribution in [0.25, 0.3) is 10.9 Å². The van der Waals surface area contributed by atoms with Gasteiger partial charge in [-0.2, -0.15) is 5.10 Å². The Bertz CT molecular complexity index is 815. The van der Waals surface area contributed by atoms with Crippen LogP contribution in [0, 0.1) is 0 Å². The molecule has 0 radical (unpaired) electrons. The maximum atomic E-state index is 12.0. The fourth-order valence-electron chi connectivity index (χ4n) is 2.19. The van der Waals surface area contributed by atoms with Gasteiger partial charge in [0.25, 0.3) is 0 Å². The molecular weight excluding hydrogens is 346 g/mol. The average molecular weight is 360 g/mol. The van der Waals surface area contributed by atoms with Gasteiger partial charge in [-0.3, -0.25) is 10.00 Å². The molecule has 22 heavy (non-hydrogen) atoms. The van der Waals surface area contributed by atoms with Crippen molar-refractivity contribution in [3.05, 3.63) is 58.6 Å². The molecule has 0 unspecified atom stereocenters. The lowest BCUT2D eigenvalue weighted by molar-refractivity contribution is 0.155. The summed E-state index contributed by atoms with van der Waals surface area (Å²) in [5.74, 6) is 0.606. The van der Waals surface area contributed by atoms with Crippen LogP contribution in [0.1, 0.15) is 5.56 Å². The van der Waals surface area contributed by atoms with Crippen LogP contribution in [-0.2, 0) is 18.4 Å². The van der Waals surface area contributed by atoms with Gasteiger partial charge in [0.15, 0.2) is 0 Å². The summed E-state index contributed by atoms with van der Waals surface area (Å²) >= 11 is 3.45. The summed E-state index contributed by atoms with van der Waals surface area (Å²) in [5, 5.41) is 7.99. The molecule has 3 rings (SSSR count). The third kappa shape index (κ3) is 2.96. The molecule has 0 aliphatic carbocycles. The number of rotatable bonds is 3. The number of ether oxygens (including phenoxy) is 1. The second-order valence-corrected chi connectivity index (χ2v) is 5.65. The number of carbonyl (C=O) groups excluding carboxylic acids is 1. The summed E-state index contributed by atoms with van der Waals surface area (Å²) in [7, 11) is 1.78. The summed E-state index contributed by atoms with van der Waals surface area (Å²) < 4.78 is 7.74. The van der Waals surface area contributed by atoms with Crippen LogP contribution in [0.2, 0.25) is 0 Å². The van der Waals surface area contributed by atoms with E-state index in [1.54, 1.807) is 11.7 Å². The summed E-state index contributed by atoms with van der Waals surface area (Å²) in [6.07, 6.45) is -0.506. The van der Waals surface area contributed by atoms with E-state index in [0.29, 0.717) is 5.82 Å². The van der Waals surface area contributed by atoms with Gasteiger partial charge in [0.2, 0.25) is 0 Å². The number of hydrogen-bond donors (Lipinski definition) is 1. The van der Waals surface area contributed by atoms with Gasteiger partial charge in [-0.1, -0.05) is 36.4 Å². The molecule has 0 fully saturated rings. The Morgan fingerprint density at radius 2 is 2.00 bits per heavy atom. The predicted molar refractivity (Wildman–Crippen MR) is 88.7 cm³/mol. The fourth-order valence-corrected chi connectivity index (χ4v) is 2.63. The molecule has 0 saturated carbocycles. The van der Waals surface area contributed by atoms with E-state index in [1.165, 1.54) is 0 Å². The molecule has 0 aliphatic heterocycles. The molecule has 3 aromatic rings. The van der Waals surface area contributed by atoms with Gasteiger partial charge in [0.1, 0.15) is 17.9 Å². The molecule has 0 saturated heterocycles. The van der Waals surface area contributed by atoms with E-state index in [0.717, 1.165) is 20.9 Å². The van der Waals surface area contributed by atoms with Crippen molar-refractivity contribution < 1.29 is 9.53 Å². The van der Waals surface area contributed by atoms with Gasteiger partial charge in [0, 0.05) is 16.9 Å². The Hall–Kier alpha value is -2.34. The highest BCUT2D eigenvalue weighted by molar-refractivity contribution is 9.10. The molecular formula is C16H14BrN3O2.